The van der Waals surface area contributed by atoms with Crippen LogP contribution < -0.4 is 5.32 Å². The molecule has 2 fully saturated rings. The molecule has 0 spiro atoms. The van der Waals surface area contributed by atoms with Crippen molar-refractivity contribution in [2.75, 3.05) is 45.8 Å². The third-order valence-corrected chi connectivity index (χ3v) is 5.50. The Kier molecular flexibility index (Phi) is 6.14. The fraction of sp³-hybridized carbons (Fsp3) is 0.632. The number of amides is 1. The molecule has 0 aromatic heterocycles. The number of halogens is 1. The first kappa shape index (κ1) is 17.7. The van der Waals surface area contributed by atoms with Crippen LogP contribution in [0.5, 0.6) is 0 Å². The van der Waals surface area contributed by atoms with Crippen LogP contribution in [0.25, 0.3) is 0 Å². The molecule has 1 N–H and O–H groups in total. The maximum absolute atomic E-state index is 12.2. The van der Waals surface area contributed by atoms with Crippen molar-refractivity contribution < 1.29 is 4.79 Å². The summed E-state index contributed by atoms with van der Waals surface area (Å²) in [6, 6.07) is 7.89. The van der Waals surface area contributed by atoms with Crippen molar-refractivity contribution in [1.82, 2.24) is 15.1 Å². The molecule has 3 rings (SSSR count). The average molecular weight is 350 g/mol. The molecule has 1 saturated carbocycles. The molecular weight excluding hydrogens is 322 g/mol. The summed E-state index contributed by atoms with van der Waals surface area (Å²) in [6.45, 7) is 9.89. The monoisotopic (exact) mass is 349 g/mol. The highest BCUT2D eigenvalue weighted by atomic mass is 35.5. The smallest absolute Gasteiger partial charge is 0.223 e. The van der Waals surface area contributed by atoms with Gasteiger partial charge in [-0.15, -0.1) is 0 Å². The molecular formula is C19H28ClN3O. The molecule has 1 saturated heterocycles. The van der Waals surface area contributed by atoms with E-state index in [4.69, 9.17) is 11.6 Å². The molecule has 24 heavy (non-hydrogen) atoms. The molecule has 0 bridgehead atoms. The van der Waals surface area contributed by atoms with E-state index >= 15 is 0 Å². The molecule has 1 aliphatic carbocycles. The predicted octanol–water partition coefficient (Wildman–Crippen LogP) is 2.59. The normalized spacial score (nSPS) is 24.8. The van der Waals surface area contributed by atoms with E-state index in [1.807, 2.05) is 18.2 Å². The maximum atomic E-state index is 12.2. The largest absolute Gasteiger partial charge is 0.356 e. The Labute approximate surface area is 150 Å². The Morgan fingerprint density at radius 3 is 2.71 bits per heavy atom. The van der Waals surface area contributed by atoms with Crippen LogP contribution in [0.2, 0.25) is 5.02 Å². The second kappa shape index (κ2) is 8.32. The highest BCUT2D eigenvalue weighted by molar-refractivity contribution is 6.30. The van der Waals surface area contributed by atoms with E-state index in [9.17, 15) is 4.79 Å². The minimum absolute atomic E-state index is 0.136. The van der Waals surface area contributed by atoms with Crippen molar-refractivity contribution in [3.8, 4) is 0 Å². The molecule has 5 heteroatoms. The van der Waals surface area contributed by atoms with Gasteiger partial charge in [0.25, 0.3) is 0 Å². The third kappa shape index (κ3) is 4.71. The molecule has 0 unspecified atom stereocenters. The Balaban J connectivity index is 1.31. The summed E-state index contributed by atoms with van der Waals surface area (Å²) in [5, 5.41) is 3.86. The number of benzene rings is 1. The van der Waals surface area contributed by atoms with Gasteiger partial charge in [0.2, 0.25) is 5.91 Å². The summed E-state index contributed by atoms with van der Waals surface area (Å²) in [7, 11) is 0. The molecule has 1 aromatic carbocycles. The highest BCUT2D eigenvalue weighted by Gasteiger charge is 2.43. The van der Waals surface area contributed by atoms with E-state index in [1.54, 1.807) is 0 Å². The van der Waals surface area contributed by atoms with Gasteiger partial charge in [-0.2, -0.15) is 0 Å². The fourth-order valence-electron chi connectivity index (χ4n) is 3.56. The zero-order chi connectivity index (χ0) is 16.9. The minimum atomic E-state index is 0.136. The molecule has 2 atom stereocenters. The number of rotatable bonds is 7. The van der Waals surface area contributed by atoms with E-state index in [0.29, 0.717) is 5.92 Å². The first-order valence-corrected chi connectivity index (χ1v) is 9.53. The number of carbonyl (C=O) groups is 1. The number of carbonyl (C=O) groups excluding carboxylic acids is 1. The van der Waals surface area contributed by atoms with Crippen molar-refractivity contribution >= 4 is 17.5 Å². The summed E-state index contributed by atoms with van der Waals surface area (Å²) >= 11 is 6.03. The molecule has 1 heterocycles. The third-order valence-electron chi connectivity index (χ3n) is 5.27. The van der Waals surface area contributed by atoms with Crippen LogP contribution >= 0.6 is 11.6 Å². The van der Waals surface area contributed by atoms with Gasteiger partial charge in [-0.1, -0.05) is 30.7 Å². The summed E-state index contributed by atoms with van der Waals surface area (Å²) < 4.78 is 0. The van der Waals surface area contributed by atoms with Gasteiger partial charge in [0.15, 0.2) is 0 Å². The van der Waals surface area contributed by atoms with Crippen molar-refractivity contribution in [2.24, 2.45) is 5.92 Å². The molecule has 1 aliphatic heterocycles. The Bertz CT molecular complexity index is 557. The molecule has 1 amide bonds. The van der Waals surface area contributed by atoms with Crippen molar-refractivity contribution in [2.45, 2.75) is 25.7 Å². The van der Waals surface area contributed by atoms with Gasteiger partial charge >= 0.3 is 0 Å². The van der Waals surface area contributed by atoms with Crippen LogP contribution in [-0.4, -0.2) is 61.5 Å². The SMILES string of the molecule is CCN1CCN(CCCNC(=O)[C@H]2C[C@H]2c2cccc(Cl)c2)CC1. The number of piperazine rings is 1. The molecule has 2 aliphatic rings. The Morgan fingerprint density at radius 2 is 2.00 bits per heavy atom. The van der Waals surface area contributed by atoms with Crippen LogP contribution in [0.4, 0.5) is 0 Å². The van der Waals surface area contributed by atoms with Gasteiger partial charge in [-0.25, -0.2) is 0 Å². The van der Waals surface area contributed by atoms with Crippen molar-refractivity contribution in [3.63, 3.8) is 0 Å². The van der Waals surface area contributed by atoms with E-state index in [0.717, 1.165) is 50.6 Å². The first-order chi connectivity index (χ1) is 11.7. The van der Waals surface area contributed by atoms with Crippen LogP contribution in [-0.2, 0) is 4.79 Å². The van der Waals surface area contributed by atoms with Gasteiger partial charge in [0, 0.05) is 43.7 Å². The van der Waals surface area contributed by atoms with Gasteiger partial charge in [0.05, 0.1) is 0 Å². The summed E-state index contributed by atoms with van der Waals surface area (Å²) in [6.07, 6.45) is 1.98. The summed E-state index contributed by atoms with van der Waals surface area (Å²) in [4.78, 5) is 17.2. The lowest BCUT2D eigenvalue weighted by molar-refractivity contribution is -0.122. The lowest BCUT2D eigenvalue weighted by Crippen LogP contribution is -2.46. The zero-order valence-electron chi connectivity index (χ0n) is 14.5. The fourth-order valence-corrected chi connectivity index (χ4v) is 3.76. The number of nitrogens with one attached hydrogen (secondary N) is 1. The number of likely N-dealkylation sites (N-methyl/N-ethyl adjacent to an activating group) is 1. The Morgan fingerprint density at radius 1 is 1.25 bits per heavy atom. The topological polar surface area (TPSA) is 35.6 Å². The van der Waals surface area contributed by atoms with Crippen LogP contribution in [0.3, 0.4) is 0 Å². The van der Waals surface area contributed by atoms with Crippen LogP contribution in [0, 0.1) is 5.92 Å². The van der Waals surface area contributed by atoms with Crippen molar-refractivity contribution in [1.29, 1.82) is 0 Å². The second-order valence-corrected chi connectivity index (χ2v) is 7.36. The molecule has 4 nitrogen and oxygen atoms in total. The number of hydrogen-bond acceptors (Lipinski definition) is 3. The van der Waals surface area contributed by atoms with Gasteiger partial charge in [-0.05, 0) is 49.5 Å². The lowest BCUT2D eigenvalue weighted by Gasteiger charge is -2.33. The van der Waals surface area contributed by atoms with Gasteiger partial charge in [-0.3, -0.25) is 4.79 Å². The molecule has 0 radical (unpaired) electrons. The summed E-state index contributed by atoms with van der Waals surface area (Å²) in [5.74, 6) is 0.693. The zero-order valence-corrected chi connectivity index (χ0v) is 15.3. The van der Waals surface area contributed by atoms with Crippen molar-refractivity contribution in [3.05, 3.63) is 34.9 Å². The van der Waals surface area contributed by atoms with E-state index < -0.39 is 0 Å². The van der Waals surface area contributed by atoms with Gasteiger partial charge < -0.3 is 15.1 Å². The van der Waals surface area contributed by atoms with Crippen LogP contribution in [0.1, 0.15) is 31.2 Å². The predicted molar refractivity (Wildman–Crippen MR) is 98.5 cm³/mol. The van der Waals surface area contributed by atoms with E-state index in [2.05, 4.69) is 28.1 Å². The minimum Gasteiger partial charge on any atom is -0.356 e. The van der Waals surface area contributed by atoms with E-state index in [1.165, 1.54) is 18.7 Å². The van der Waals surface area contributed by atoms with Crippen LogP contribution in [0.15, 0.2) is 24.3 Å². The number of hydrogen-bond donors (Lipinski definition) is 1. The standard InChI is InChI=1S/C19H28ClN3O/c1-2-22-9-11-23(12-10-22)8-4-7-21-19(24)18-14-17(18)15-5-3-6-16(20)13-15/h3,5-6,13,17-18H,2,4,7-12,14H2,1H3,(H,21,24)/t17-,18-/m0/s1. The summed E-state index contributed by atoms with van der Waals surface area (Å²) in [5.41, 5.74) is 1.19. The average Bonchev–Trinajstić information content (AvgIpc) is 3.40. The first-order valence-electron chi connectivity index (χ1n) is 9.15. The van der Waals surface area contributed by atoms with E-state index in [-0.39, 0.29) is 11.8 Å². The molecule has 1 aromatic rings. The lowest BCUT2D eigenvalue weighted by atomic mass is 10.1. The highest BCUT2D eigenvalue weighted by Crippen LogP contribution is 2.47. The maximum Gasteiger partial charge on any atom is 0.223 e. The quantitative estimate of drug-likeness (QED) is 0.768. The molecule has 132 valence electrons. The second-order valence-electron chi connectivity index (χ2n) is 6.92. The van der Waals surface area contributed by atoms with Gasteiger partial charge in [0.1, 0.15) is 0 Å². The number of nitrogens with zero attached hydrogens (tertiary/aromatic N) is 2. The Hall–Kier alpha value is -1.10.